The van der Waals surface area contributed by atoms with E-state index >= 15 is 0 Å². The zero-order valence-electron chi connectivity index (χ0n) is 11.9. The van der Waals surface area contributed by atoms with E-state index < -0.39 is 6.09 Å². The summed E-state index contributed by atoms with van der Waals surface area (Å²) in [5, 5.41) is 5.54. The Kier molecular flexibility index (Phi) is 4.12. The minimum absolute atomic E-state index is 0.184. The number of primary amides is 1. The molecule has 0 spiro atoms. The van der Waals surface area contributed by atoms with E-state index in [2.05, 4.69) is 21.0 Å². The predicted molar refractivity (Wildman–Crippen MR) is 89.5 cm³/mol. The molecule has 0 radical (unpaired) electrons. The van der Waals surface area contributed by atoms with E-state index in [0.717, 1.165) is 15.4 Å². The molecule has 6 nitrogen and oxygen atoms in total. The summed E-state index contributed by atoms with van der Waals surface area (Å²) < 4.78 is 7.08. The fourth-order valence-electron chi connectivity index (χ4n) is 2.27. The number of amides is 1. The lowest BCUT2D eigenvalue weighted by Gasteiger charge is -2.08. The summed E-state index contributed by atoms with van der Waals surface area (Å²) in [6, 6.07) is 12.2. The largest absolute Gasteiger partial charge is 0.410 e. The molecule has 7 heteroatoms. The molecule has 0 aliphatic heterocycles. The van der Waals surface area contributed by atoms with Crippen LogP contribution in [0.25, 0.3) is 10.8 Å². The summed E-state index contributed by atoms with van der Waals surface area (Å²) in [7, 11) is 0. The second-order valence-electron chi connectivity index (χ2n) is 4.91. The van der Waals surface area contributed by atoms with Crippen LogP contribution < -0.4 is 16.0 Å². The van der Waals surface area contributed by atoms with Crippen LogP contribution in [0.4, 0.5) is 4.79 Å². The first-order chi connectivity index (χ1) is 11.0. The Morgan fingerprint density at radius 3 is 2.87 bits per heavy atom. The summed E-state index contributed by atoms with van der Waals surface area (Å²) >= 11 is 3.37. The topological polar surface area (TPSA) is 87.2 Å². The van der Waals surface area contributed by atoms with Crippen molar-refractivity contribution in [3.05, 3.63) is 69.1 Å². The minimum atomic E-state index is -0.881. The zero-order chi connectivity index (χ0) is 16.4. The van der Waals surface area contributed by atoms with Crippen LogP contribution in [0.3, 0.4) is 0 Å². The molecule has 2 N–H and O–H groups in total. The number of ether oxygens (including phenoxy) is 1. The Labute approximate surface area is 139 Å². The van der Waals surface area contributed by atoms with Crippen LogP contribution in [0, 0.1) is 0 Å². The summed E-state index contributed by atoms with van der Waals surface area (Å²) in [4.78, 5) is 23.3. The van der Waals surface area contributed by atoms with Gasteiger partial charge < -0.3 is 10.5 Å². The second-order valence-corrected chi connectivity index (χ2v) is 5.82. The molecule has 0 fully saturated rings. The summed E-state index contributed by atoms with van der Waals surface area (Å²) in [5.41, 5.74) is 5.58. The molecule has 3 rings (SSSR count). The van der Waals surface area contributed by atoms with Gasteiger partial charge in [-0.05, 0) is 35.9 Å². The molecular formula is C16H12BrN3O3. The number of halogens is 1. The standard InChI is InChI=1S/C16H12BrN3O3/c17-12-4-5-14-11(7-12)8-19-20(15(14)21)9-10-2-1-3-13(6-10)23-16(18)22/h1-8H,9H2,(H2,18,22). The number of rotatable bonds is 3. The molecule has 0 aliphatic rings. The van der Waals surface area contributed by atoms with E-state index in [-0.39, 0.29) is 12.1 Å². The van der Waals surface area contributed by atoms with Gasteiger partial charge in [-0.3, -0.25) is 4.79 Å². The summed E-state index contributed by atoms with van der Waals surface area (Å²) in [5.74, 6) is 0.327. The molecular weight excluding hydrogens is 362 g/mol. The van der Waals surface area contributed by atoms with Gasteiger partial charge in [-0.1, -0.05) is 28.1 Å². The molecule has 3 aromatic rings. The number of hydrogen-bond donors (Lipinski definition) is 1. The third kappa shape index (κ3) is 3.40. The van der Waals surface area contributed by atoms with E-state index in [1.807, 2.05) is 18.2 Å². The third-order valence-electron chi connectivity index (χ3n) is 3.26. The minimum Gasteiger partial charge on any atom is -0.410 e. The maximum Gasteiger partial charge on any atom is 0.409 e. The molecule has 116 valence electrons. The Morgan fingerprint density at radius 1 is 1.26 bits per heavy atom. The van der Waals surface area contributed by atoms with Crippen molar-refractivity contribution >= 4 is 32.8 Å². The monoisotopic (exact) mass is 373 g/mol. The normalized spacial score (nSPS) is 10.7. The number of carbonyl (C=O) groups is 1. The molecule has 1 amide bonds. The van der Waals surface area contributed by atoms with Crippen molar-refractivity contribution in [2.24, 2.45) is 5.73 Å². The first-order valence-electron chi connectivity index (χ1n) is 6.74. The van der Waals surface area contributed by atoms with Crippen molar-refractivity contribution in [2.75, 3.05) is 0 Å². The molecule has 0 unspecified atom stereocenters. The maximum atomic E-state index is 12.5. The number of benzene rings is 2. The molecule has 0 atom stereocenters. The molecule has 0 aliphatic carbocycles. The molecule has 0 saturated carbocycles. The molecule has 1 aromatic heterocycles. The highest BCUT2D eigenvalue weighted by Gasteiger charge is 2.07. The molecule has 23 heavy (non-hydrogen) atoms. The van der Waals surface area contributed by atoms with Crippen molar-refractivity contribution < 1.29 is 9.53 Å². The second kappa shape index (κ2) is 6.21. The lowest BCUT2D eigenvalue weighted by molar-refractivity contribution is 0.211. The number of fused-ring (bicyclic) bond motifs is 1. The quantitative estimate of drug-likeness (QED) is 0.764. The van der Waals surface area contributed by atoms with E-state index in [9.17, 15) is 9.59 Å². The van der Waals surface area contributed by atoms with Crippen LogP contribution in [0.2, 0.25) is 0 Å². The predicted octanol–water partition coefficient (Wildman–Crippen LogP) is 2.66. The molecule has 1 heterocycles. The lowest BCUT2D eigenvalue weighted by Crippen LogP contribution is -2.23. The highest BCUT2D eigenvalue weighted by atomic mass is 79.9. The smallest absolute Gasteiger partial charge is 0.409 e. The number of nitrogens with two attached hydrogens (primary N) is 1. The highest BCUT2D eigenvalue weighted by Crippen LogP contribution is 2.17. The Balaban J connectivity index is 1.96. The molecule has 2 aromatic carbocycles. The van der Waals surface area contributed by atoms with Crippen molar-refractivity contribution in [2.45, 2.75) is 6.54 Å². The Bertz CT molecular complexity index is 953. The van der Waals surface area contributed by atoms with Crippen molar-refractivity contribution in [3.8, 4) is 5.75 Å². The summed E-state index contributed by atoms with van der Waals surface area (Å²) in [6.07, 6.45) is 0.763. The first kappa shape index (κ1) is 15.2. The van der Waals surface area contributed by atoms with Gasteiger partial charge >= 0.3 is 6.09 Å². The number of carbonyl (C=O) groups excluding carboxylic acids is 1. The van der Waals surface area contributed by atoms with Gasteiger partial charge in [-0.25, -0.2) is 9.48 Å². The van der Waals surface area contributed by atoms with Crippen LogP contribution in [0.1, 0.15) is 5.56 Å². The molecule has 0 bridgehead atoms. The Hall–Kier alpha value is -2.67. The fourth-order valence-corrected chi connectivity index (χ4v) is 2.65. The fraction of sp³-hybridized carbons (Fsp3) is 0.0625. The average Bonchev–Trinajstić information content (AvgIpc) is 2.50. The van der Waals surface area contributed by atoms with Crippen LogP contribution in [0.5, 0.6) is 5.75 Å². The lowest BCUT2D eigenvalue weighted by atomic mass is 10.2. The first-order valence-corrected chi connectivity index (χ1v) is 7.54. The van der Waals surface area contributed by atoms with Gasteiger partial charge in [-0.15, -0.1) is 0 Å². The van der Waals surface area contributed by atoms with Gasteiger partial charge in [0.25, 0.3) is 5.56 Å². The van der Waals surface area contributed by atoms with Gasteiger partial charge in [0.05, 0.1) is 18.1 Å². The van der Waals surface area contributed by atoms with Gasteiger partial charge in [0.2, 0.25) is 0 Å². The van der Waals surface area contributed by atoms with Crippen LogP contribution in [0.15, 0.2) is 57.9 Å². The number of hydrogen-bond acceptors (Lipinski definition) is 4. The van der Waals surface area contributed by atoms with Crippen LogP contribution in [-0.2, 0) is 6.54 Å². The number of aromatic nitrogens is 2. The van der Waals surface area contributed by atoms with Crippen molar-refractivity contribution in [1.29, 1.82) is 0 Å². The van der Waals surface area contributed by atoms with Crippen molar-refractivity contribution in [3.63, 3.8) is 0 Å². The highest BCUT2D eigenvalue weighted by molar-refractivity contribution is 9.10. The average molecular weight is 374 g/mol. The van der Waals surface area contributed by atoms with E-state index in [0.29, 0.717) is 11.1 Å². The van der Waals surface area contributed by atoms with Crippen molar-refractivity contribution in [1.82, 2.24) is 9.78 Å². The summed E-state index contributed by atoms with van der Waals surface area (Å²) in [6.45, 7) is 0.265. The van der Waals surface area contributed by atoms with E-state index in [1.165, 1.54) is 4.68 Å². The van der Waals surface area contributed by atoms with Gasteiger partial charge in [0.1, 0.15) is 5.75 Å². The SMILES string of the molecule is NC(=O)Oc1cccc(Cn2ncc3cc(Br)ccc3c2=O)c1. The van der Waals surface area contributed by atoms with E-state index in [4.69, 9.17) is 10.5 Å². The number of nitrogens with zero attached hydrogens (tertiary/aromatic N) is 2. The Morgan fingerprint density at radius 2 is 2.09 bits per heavy atom. The van der Waals surface area contributed by atoms with Crippen LogP contribution >= 0.6 is 15.9 Å². The zero-order valence-corrected chi connectivity index (χ0v) is 13.5. The van der Waals surface area contributed by atoms with E-state index in [1.54, 1.807) is 30.5 Å². The molecule has 0 saturated heterocycles. The third-order valence-corrected chi connectivity index (χ3v) is 3.76. The van der Waals surface area contributed by atoms with Gasteiger partial charge in [0.15, 0.2) is 0 Å². The van der Waals surface area contributed by atoms with Gasteiger partial charge in [-0.2, -0.15) is 5.10 Å². The maximum absolute atomic E-state index is 12.5. The van der Waals surface area contributed by atoms with Crippen LogP contribution in [-0.4, -0.2) is 15.9 Å². The van der Waals surface area contributed by atoms with Gasteiger partial charge in [0, 0.05) is 9.86 Å².